The van der Waals surface area contributed by atoms with Crippen molar-refractivity contribution in [3.63, 3.8) is 0 Å². The molecule has 0 radical (unpaired) electrons. The molecule has 1 aliphatic carbocycles. The molecule has 3 atom stereocenters. The van der Waals surface area contributed by atoms with Crippen molar-refractivity contribution in [3.05, 3.63) is 29.8 Å². The lowest BCUT2D eigenvalue weighted by molar-refractivity contribution is -0.142. The molecule has 0 heterocycles. The van der Waals surface area contributed by atoms with Gasteiger partial charge in [-0.1, -0.05) is 32.3 Å². The summed E-state index contributed by atoms with van der Waals surface area (Å²) in [6, 6.07) is 4.36. The number of hydrogen-bond donors (Lipinski definition) is 3. The van der Waals surface area contributed by atoms with Crippen molar-refractivity contribution in [2.45, 2.75) is 62.4 Å². The molecule has 3 N–H and O–H groups in total. The van der Waals surface area contributed by atoms with E-state index < -0.39 is 45.6 Å². The monoisotopic (exact) mass is 424 g/mol. The molecule has 1 aromatic carbocycles. The first-order chi connectivity index (χ1) is 13.6. The largest absolute Gasteiger partial charge is 0.481 e. The van der Waals surface area contributed by atoms with Crippen molar-refractivity contribution in [2.75, 3.05) is 6.26 Å². The molecule has 0 aromatic heterocycles. The number of hydrogen-bond acceptors (Lipinski definition) is 5. The quantitative estimate of drug-likeness (QED) is 0.554. The van der Waals surface area contributed by atoms with Gasteiger partial charge in [-0.05, 0) is 37.5 Å². The summed E-state index contributed by atoms with van der Waals surface area (Å²) in [6.07, 6.45) is 4.83. The second kappa shape index (κ2) is 9.87. The zero-order valence-corrected chi connectivity index (χ0v) is 17.5. The van der Waals surface area contributed by atoms with Gasteiger partial charge in [0.15, 0.2) is 9.84 Å². The lowest BCUT2D eigenvalue weighted by atomic mass is 10.0. The number of rotatable bonds is 9. The van der Waals surface area contributed by atoms with E-state index in [1.807, 2.05) is 6.92 Å². The number of sulfone groups is 1. The molecule has 2 amide bonds. The van der Waals surface area contributed by atoms with E-state index in [0.717, 1.165) is 19.1 Å². The highest BCUT2D eigenvalue weighted by molar-refractivity contribution is 7.90. The molecule has 9 heteroatoms. The first kappa shape index (κ1) is 22.9. The van der Waals surface area contributed by atoms with Crippen LogP contribution in [0.5, 0.6) is 0 Å². The van der Waals surface area contributed by atoms with Crippen LogP contribution < -0.4 is 10.6 Å². The SMILES string of the molecule is CCCC[C@H](NC(=O)c1cccc(S(C)(=O)=O)c1)C(=O)N[C@H]1CCC[C@H]1C(=O)O. The number of benzene rings is 1. The Morgan fingerprint density at radius 3 is 2.59 bits per heavy atom. The van der Waals surface area contributed by atoms with E-state index in [4.69, 9.17) is 0 Å². The third-order valence-corrected chi connectivity index (χ3v) is 6.26. The normalized spacial score (nSPS) is 20.1. The summed E-state index contributed by atoms with van der Waals surface area (Å²) in [7, 11) is -3.46. The van der Waals surface area contributed by atoms with Crippen LogP contribution in [-0.4, -0.2) is 49.6 Å². The Hall–Kier alpha value is -2.42. The van der Waals surface area contributed by atoms with E-state index in [9.17, 15) is 27.9 Å². The number of amides is 2. The molecule has 2 rings (SSSR count). The number of carbonyl (C=O) groups excluding carboxylic acids is 2. The van der Waals surface area contributed by atoms with Crippen molar-refractivity contribution in [1.29, 1.82) is 0 Å². The van der Waals surface area contributed by atoms with E-state index in [-0.39, 0.29) is 10.5 Å². The van der Waals surface area contributed by atoms with Crippen molar-refractivity contribution >= 4 is 27.6 Å². The van der Waals surface area contributed by atoms with Gasteiger partial charge in [0, 0.05) is 17.9 Å². The number of aliphatic carboxylic acids is 1. The molecule has 1 aromatic rings. The minimum Gasteiger partial charge on any atom is -0.481 e. The molecule has 160 valence electrons. The van der Waals surface area contributed by atoms with Crippen molar-refractivity contribution in [2.24, 2.45) is 5.92 Å². The fourth-order valence-corrected chi connectivity index (χ4v) is 4.17. The van der Waals surface area contributed by atoms with Gasteiger partial charge in [-0.25, -0.2) is 8.42 Å². The third-order valence-electron chi connectivity index (χ3n) is 5.15. The summed E-state index contributed by atoms with van der Waals surface area (Å²) < 4.78 is 23.4. The average molecular weight is 425 g/mol. The summed E-state index contributed by atoms with van der Waals surface area (Å²) >= 11 is 0. The highest BCUT2D eigenvalue weighted by Crippen LogP contribution is 2.26. The minimum absolute atomic E-state index is 0.0231. The fraction of sp³-hybridized carbons (Fsp3) is 0.550. The van der Waals surface area contributed by atoms with Crippen LogP contribution >= 0.6 is 0 Å². The van der Waals surface area contributed by atoms with E-state index in [1.54, 1.807) is 0 Å². The molecule has 1 saturated carbocycles. The first-order valence-corrected chi connectivity index (χ1v) is 11.7. The van der Waals surface area contributed by atoms with Crippen LogP contribution in [-0.2, 0) is 19.4 Å². The van der Waals surface area contributed by atoms with Gasteiger partial charge < -0.3 is 15.7 Å². The predicted octanol–water partition coefficient (Wildman–Crippen LogP) is 1.75. The number of carboxylic acid groups (broad SMARTS) is 1. The van der Waals surface area contributed by atoms with Crippen molar-refractivity contribution in [3.8, 4) is 0 Å². The predicted molar refractivity (Wildman–Crippen MR) is 107 cm³/mol. The molecule has 0 aliphatic heterocycles. The Labute approximate surface area is 171 Å². The van der Waals surface area contributed by atoms with Gasteiger partial charge in [-0.15, -0.1) is 0 Å². The number of carboxylic acids is 1. The molecular weight excluding hydrogens is 396 g/mol. The zero-order valence-electron chi connectivity index (χ0n) is 16.7. The van der Waals surface area contributed by atoms with Gasteiger partial charge in [0.25, 0.3) is 5.91 Å². The van der Waals surface area contributed by atoms with E-state index in [0.29, 0.717) is 25.7 Å². The van der Waals surface area contributed by atoms with E-state index in [2.05, 4.69) is 10.6 Å². The molecule has 1 fully saturated rings. The third kappa shape index (κ3) is 6.28. The Morgan fingerprint density at radius 1 is 1.24 bits per heavy atom. The molecule has 0 spiro atoms. The standard InChI is InChI=1S/C20H28N2O6S/c1-3-4-10-17(19(24)21-16-11-6-9-15(16)20(25)26)22-18(23)13-7-5-8-14(12-13)29(2,27)28/h5,7-8,12,15-17H,3-4,6,9-11H2,1-2H3,(H,21,24)(H,22,23)(H,25,26)/t15-,16+,17+/m1/s1. The lowest BCUT2D eigenvalue weighted by Crippen LogP contribution is -2.51. The van der Waals surface area contributed by atoms with Crippen LogP contribution in [0.2, 0.25) is 0 Å². The number of nitrogens with one attached hydrogen (secondary N) is 2. The maximum atomic E-state index is 12.8. The maximum Gasteiger partial charge on any atom is 0.308 e. The van der Waals surface area contributed by atoms with Crippen LogP contribution in [0.25, 0.3) is 0 Å². The minimum atomic E-state index is -3.46. The van der Waals surface area contributed by atoms with Gasteiger partial charge in [0.1, 0.15) is 6.04 Å². The highest BCUT2D eigenvalue weighted by atomic mass is 32.2. The summed E-state index contributed by atoms with van der Waals surface area (Å²) in [5.74, 6) is -2.51. The Morgan fingerprint density at radius 2 is 1.97 bits per heavy atom. The van der Waals surface area contributed by atoms with Crippen LogP contribution in [0.15, 0.2) is 29.2 Å². The number of unbranched alkanes of at least 4 members (excludes halogenated alkanes) is 1. The number of carbonyl (C=O) groups is 3. The molecule has 1 aliphatic rings. The zero-order chi connectivity index (χ0) is 21.6. The van der Waals surface area contributed by atoms with Gasteiger partial charge in [0.2, 0.25) is 5.91 Å². The second-order valence-electron chi connectivity index (χ2n) is 7.46. The summed E-state index contributed by atoms with van der Waals surface area (Å²) in [6.45, 7) is 1.96. The van der Waals surface area contributed by atoms with Crippen molar-refractivity contribution in [1.82, 2.24) is 10.6 Å². The summed E-state index contributed by atoms with van der Waals surface area (Å²) in [5, 5.41) is 14.7. The molecule has 29 heavy (non-hydrogen) atoms. The second-order valence-corrected chi connectivity index (χ2v) is 9.47. The van der Waals surface area contributed by atoms with E-state index in [1.165, 1.54) is 24.3 Å². The maximum absolute atomic E-state index is 12.8. The van der Waals surface area contributed by atoms with Gasteiger partial charge in [-0.2, -0.15) is 0 Å². The smallest absolute Gasteiger partial charge is 0.308 e. The van der Waals surface area contributed by atoms with Crippen molar-refractivity contribution < 1.29 is 27.9 Å². The Kier molecular flexibility index (Phi) is 7.78. The topological polar surface area (TPSA) is 130 Å². The molecule has 0 bridgehead atoms. The van der Waals surface area contributed by atoms with Crippen LogP contribution in [0.1, 0.15) is 55.8 Å². The average Bonchev–Trinajstić information content (AvgIpc) is 3.12. The Bertz CT molecular complexity index is 867. The fourth-order valence-electron chi connectivity index (χ4n) is 3.50. The van der Waals surface area contributed by atoms with Gasteiger partial charge in [-0.3, -0.25) is 14.4 Å². The lowest BCUT2D eigenvalue weighted by Gasteiger charge is -2.23. The molecular formula is C20H28N2O6S. The summed E-state index contributed by atoms with van der Waals surface area (Å²) in [4.78, 5) is 36.7. The van der Waals surface area contributed by atoms with Crippen LogP contribution in [0.4, 0.5) is 0 Å². The van der Waals surface area contributed by atoms with Gasteiger partial charge in [0.05, 0.1) is 10.8 Å². The summed E-state index contributed by atoms with van der Waals surface area (Å²) in [5.41, 5.74) is 0.145. The first-order valence-electron chi connectivity index (χ1n) is 9.77. The molecule has 0 unspecified atom stereocenters. The molecule has 8 nitrogen and oxygen atoms in total. The highest BCUT2D eigenvalue weighted by Gasteiger charge is 2.35. The molecule has 0 saturated heterocycles. The van der Waals surface area contributed by atoms with Gasteiger partial charge >= 0.3 is 5.97 Å². The van der Waals surface area contributed by atoms with Crippen LogP contribution in [0, 0.1) is 5.92 Å². The van der Waals surface area contributed by atoms with Crippen LogP contribution in [0.3, 0.4) is 0 Å². The van der Waals surface area contributed by atoms with E-state index >= 15 is 0 Å². The Balaban J connectivity index is 2.12.